The van der Waals surface area contributed by atoms with Gasteiger partial charge in [0.15, 0.2) is 0 Å². The van der Waals surface area contributed by atoms with Gasteiger partial charge in [-0.25, -0.2) is 8.42 Å². The molecule has 0 aliphatic carbocycles. The number of nitrogens with zero attached hydrogens (tertiary/aromatic N) is 1. The third kappa shape index (κ3) is 3.40. The average Bonchev–Trinajstić information content (AvgIpc) is 2.83. The molecule has 22 heavy (non-hydrogen) atoms. The van der Waals surface area contributed by atoms with Gasteiger partial charge in [-0.2, -0.15) is 18.4 Å². The Kier molecular flexibility index (Phi) is 4.17. The lowest BCUT2D eigenvalue weighted by Crippen LogP contribution is -2.15. The molecule has 4 nitrogen and oxygen atoms in total. The molecule has 0 aliphatic rings. The molecule has 9 heteroatoms. The molecule has 0 saturated carbocycles. The minimum Gasteiger partial charge on any atom is -0.269 e. The molecule has 0 radical (unpaired) electrons. The van der Waals surface area contributed by atoms with Crippen molar-refractivity contribution in [1.82, 2.24) is 0 Å². The highest BCUT2D eigenvalue weighted by Gasteiger charge is 2.32. The van der Waals surface area contributed by atoms with Crippen LogP contribution < -0.4 is 4.72 Å². The van der Waals surface area contributed by atoms with Crippen molar-refractivity contribution in [3.63, 3.8) is 0 Å². The Balaban J connectivity index is 2.47. The number of halogens is 3. The van der Waals surface area contributed by atoms with Gasteiger partial charge < -0.3 is 0 Å². The van der Waals surface area contributed by atoms with Gasteiger partial charge in [0.05, 0.1) is 16.0 Å². The number of thiophene rings is 1. The number of rotatable bonds is 3. The lowest BCUT2D eigenvalue weighted by Gasteiger charge is -2.12. The molecule has 0 fully saturated rings. The molecular formula is C13H9F3N2O2S2. The maximum Gasteiger partial charge on any atom is 0.416 e. The van der Waals surface area contributed by atoms with Crippen molar-refractivity contribution in [1.29, 1.82) is 5.26 Å². The number of anilines is 1. The molecule has 0 aliphatic heterocycles. The minimum absolute atomic E-state index is 0.0672. The summed E-state index contributed by atoms with van der Waals surface area (Å²) in [6.45, 7) is 1.38. The zero-order chi connectivity index (χ0) is 16.5. The van der Waals surface area contributed by atoms with Crippen LogP contribution in [0.15, 0.2) is 34.5 Å². The molecule has 0 saturated heterocycles. The highest BCUT2D eigenvalue weighted by molar-refractivity contribution is 7.93. The van der Waals surface area contributed by atoms with Gasteiger partial charge in [-0.3, -0.25) is 4.72 Å². The van der Waals surface area contributed by atoms with Crippen LogP contribution in [0.1, 0.15) is 16.7 Å². The van der Waals surface area contributed by atoms with Crippen molar-refractivity contribution in [2.45, 2.75) is 18.0 Å². The summed E-state index contributed by atoms with van der Waals surface area (Å²) in [7, 11) is -4.21. The molecule has 0 spiro atoms. The monoisotopic (exact) mass is 346 g/mol. The summed E-state index contributed by atoms with van der Waals surface area (Å²) >= 11 is 0.975. The van der Waals surface area contributed by atoms with Crippen LogP contribution in [0.5, 0.6) is 0 Å². The van der Waals surface area contributed by atoms with Gasteiger partial charge in [-0.15, -0.1) is 11.3 Å². The molecule has 1 N–H and O–H groups in total. The van der Waals surface area contributed by atoms with Crippen LogP contribution in [-0.2, 0) is 16.2 Å². The lowest BCUT2D eigenvalue weighted by molar-refractivity contribution is -0.137. The SMILES string of the molecule is Cc1cc(C(F)(F)F)cc(S(=O)(=O)Nc2sccc2C#N)c1. The number of benzene rings is 1. The van der Waals surface area contributed by atoms with Crippen LogP contribution in [0.4, 0.5) is 18.2 Å². The smallest absolute Gasteiger partial charge is 0.269 e. The summed E-state index contributed by atoms with van der Waals surface area (Å²) in [5.41, 5.74) is -0.765. The van der Waals surface area contributed by atoms with Crippen molar-refractivity contribution in [2.24, 2.45) is 0 Å². The van der Waals surface area contributed by atoms with E-state index in [0.717, 1.165) is 23.5 Å². The quantitative estimate of drug-likeness (QED) is 0.920. The Morgan fingerprint density at radius 3 is 2.55 bits per heavy atom. The highest BCUT2D eigenvalue weighted by Crippen LogP contribution is 2.32. The minimum atomic E-state index is -4.64. The molecule has 1 heterocycles. The van der Waals surface area contributed by atoms with Crippen LogP contribution in [0.2, 0.25) is 0 Å². The van der Waals surface area contributed by atoms with Crippen molar-refractivity contribution in [2.75, 3.05) is 4.72 Å². The van der Waals surface area contributed by atoms with E-state index in [9.17, 15) is 21.6 Å². The normalized spacial score (nSPS) is 12.0. The number of hydrogen-bond acceptors (Lipinski definition) is 4. The first kappa shape index (κ1) is 16.3. The molecule has 2 aromatic rings. The van der Waals surface area contributed by atoms with Crippen LogP contribution in [0, 0.1) is 18.3 Å². The summed E-state index contributed by atoms with van der Waals surface area (Å²) in [4.78, 5) is -0.503. The fourth-order valence-electron chi connectivity index (χ4n) is 1.72. The Morgan fingerprint density at radius 2 is 1.95 bits per heavy atom. The number of alkyl halides is 3. The number of aryl methyl sites for hydroxylation is 1. The fraction of sp³-hybridized carbons (Fsp3) is 0.154. The van der Waals surface area contributed by atoms with E-state index in [1.54, 1.807) is 6.07 Å². The fourth-order valence-corrected chi connectivity index (χ4v) is 3.92. The van der Waals surface area contributed by atoms with E-state index < -0.39 is 26.7 Å². The average molecular weight is 346 g/mol. The summed E-state index contributed by atoms with van der Waals surface area (Å²) in [5, 5.41) is 10.4. The molecule has 1 aromatic carbocycles. The highest BCUT2D eigenvalue weighted by atomic mass is 32.2. The number of nitriles is 1. The topological polar surface area (TPSA) is 70.0 Å². The van der Waals surface area contributed by atoms with Gasteiger partial charge >= 0.3 is 6.18 Å². The van der Waals surface area contributed by atoms with Gasteiger partial charge in [0, 0.05) is 0 Å². The van der Waals surface area contributed by atoms with E-state index >= 15 is 0 Å². The molecule has 116 valence electrons. The second kappa shape index (κ2) is 5.62. The van der Waals surface area contributed by atoms with Gasteiger partial charge in [-0.1, -0.05) is 0 Å². The predicted octanol–water partition coefficient (Wildman–Crippen LogP) is 3.75. The van der Waals surface area contributed by atoms with E-state index in [4.69, 9.17) is 5.26 Å². The maximum absolute atomic E-state index is 12.8. The third-order valence-electron chi connectivity index (χ3n) is 2.70. The number of hydrogen-bond donors (Lipinski definition) is 1. The lowest BCUT2D eigenvalue weighted by atomic mass is 10.1. The van der Waals surface area contributed by atoms with E-state index in [2.05, 4.69) is 4.72 Å². The number of nitrogens with one attached hydrogen (secondary N) is 1. The number of sulfonamides is 1. The summed E-state index contributed by atoms with van der Waals surface area (Å²) in [5.74, 6) is 0. The van der Waals surface area contributed by atoms with Crippen molar-refractivity contribution >= 4 is 26.4 Å². The molecule has 0 unspecified atom stereocenters. The Bertz CT molecular complexity index is 849. The molecule has 2 rings (SSSR count). The van der Waals surface area contributed by atoms with E-state index in [-0.39, 0.29) is 16.1 Å². The van der Waals surface area contributed by atoms with Crippen molar-refractivity contribution in [3.8, 4) is 6.07 Å². The first-order valence-electron chi connectivity index (χ1n) is 5.83. The first-order valence-corrected chi connectivity index (χ1v) is 8.19. The second-order valence-electron chi connectivity index (χ2n) is 4.41. The molecule has 0 atom stereocenters. The van der Waals surface area contributed by atoms with Crippen LogP contribution in [-0.4, -0.2) is 8.42 Å². The Morgan fingerprint density at radius 1 is 1.27 bits per heavy atom. The van der Waals surface area contributed by atoms with Gasteiger partial charge in [-0.05, 0) is 42.1 Å². The summed E-state index contributed by atoms with van der Waals surface area (Å²) < 4.78 is 64.9. The maximum atomic E-state index is 12.8. The van der Waals surface area contributed by atoms with Crippen molar-refractivity contribution in [3.05, 3.63) is 46.3 Å². The van der Waals surface area contributed by atoms with Gasteiger partial charge in [0.1, 0.15) is 11.1 Å². The summed E-state index contributed by atoms with van der Waals surface area (Å²) in [6.07, 6.45) is -4.64. The van der Waals surface area contributed by atoms with E-state index in [1.165, 1.54) is 18.4 Å². The van der Waals surface area contributed by atoms with Crippen LogP contribution in [0.25, 0.3) is 0 Å². The predicted molar refractivity (Wildman–Crippen MR) is 76.0 cm³/mol. The van der Waals surface area contributed by atoms with Crippen LogP contribution in [0.3, 0.4) is 0 Å². The zero-order valence-electron chi connectivity index (χ0n) is 11.1. The molecular weight excluding hydrogens is 337 g/mol. The van der Waals surface area contributed by atoms with Gasteiger partial charge in [0.2, 0.25) is 0 Å². The van der Waals surface area contributed by atoms with E-state index in [1.807, 2.05) is 0 Å². The third-order valence-corrected chi connectivity index (χ3v) is 4.99. The first-order chi connectivity index (χ1) is 10.1. The second-order valence-corrected chi connectivity index (χ2v) is 7.01. The Labute approximate surface area is 128 Å². The Hall–Kier alpha value is -2.05. The largest absolute Gasteiger partial charge is 0.416 e. The molecule has 1 aromatic heterocycles. The van der Waals surface area contributed by atoms with E-state index in [0.29, 0.717) is 6.07 Å². The molecule has 0 amide bonds. The van der Waals surface area contributed by atoms with Crippen molar-refractivity contribution < 1.29 is 21.6 Å². The van der Waals surface area contributed by atoms with Gasteiger partial charge in [0.25, 0.3) is 10.0 Å². The molecule has 0 bridgehead atoms. The summed E-state index contributed by atoms with van der Waals surface area (Å²) in [6, 6.07) is 5.78. The zero-order valence-corrected chi connectivity index (χ0v) is 12.7. The van der Waals surface area contributed by atoms with Crippen LogP contribution >= 0.6 is 11.3 Å². The standard InChI is InChI=1S/C13H9F3N2O2S2/c1-8-4-10(13(14,15)16)6-11(5-8)22(19,20)18-12-9(7-17)2-3-21-12/h2-6,18H,1H3.